The van der Waals surface area contributed by atoms with Gasteiger partial charge in [0.15, 0.2) is 5.82 Å². The van der Waals surface area contributed by atoms with Gasteiger partial charge in [0, 0.05) is 31.3 Å². The Balaban J connectivity index is 1.82. The quantitative estimate of drug-likeness (QED) is 0.533. The molecule has 142 valence electrons. The fourth-order valence-corrected chi connectivity index (χ4v) is 3.28. The van der Waals surface area contributed by atoms with Crippen LogP contribution in [0.15, 0.2) is 55.0 Å². The Hall–Kier alpha value is -3.53. The van der Waals surface area contributed by atoms with Crippen molar-refractivity contribution in [3.8, 4) is 11.5 Å². The van der Waals surface area contributed by atoms with Crippen LogP contribution in [-0.4, -0.2) is 46.6 Å². The molecule has 9 nitrogen and oxygen atoms in total. The standard InChI is InChI=1S/C18H17N7O2S/c1-25(12-6-9-19-10-7-12)18-13-8-11-20-16(13)22-17(23-18)14-4-3-5-15(21-14)24-28(2,26)27/h3-11H,1-2H3,(H,21,24)(H,20,22,23). The van der Waals surface area contributed by atoms with Crippen LogP contribution in [-0.2, 0) is 10.0 Å². The second-order valence-corrected chi connectivity index (χ2v) is 7.91. The molecular formula is C18H17N7O2S. The van der Waals surface area contributed by atoms with Crippen LogP contribution in [0.3, 0.4) is 0 Å². The highest BCUT2D eigenvalue weighted by atomic mass is 32.2. The predicted octanol–water partition coefficient (Wildman–Crippen LogP) is 2.55. The second kappa shape index (κ2) is 6.89. The van der Waals surface area contributed by atoms with E-state index in [4.69, 9.17) is 4.98 Å². The number of sulfonamides is 1. The summed E-state index contributed by atoms with van der Waals surface area (Å²) in [6.07, 6.45) is 6.29. The van der Waals surface area contributed by atoms with Gasteiger partial charge in [0.2, 0.25) is 10.0 Å². The van der Waals surface area contributed by atoms with Crippen molar-refractivity contribution in [2.75, 3.05) is 22.9 Å². The Bertz CT molecular complexity index is 1240. The van der Waals surface area contributed by atoms with Gasteiger partial charge >= 0.3 is 0 Å². The minimum absolute atomic E-state index is 0.208. The van der Waals surface area contributed by atoms with Crippen molar-refractivity contribution in [1.29, 1.82) is 0 Å². The normalized spacial score (nSPS) is 11.5. The fourth-order valence-electron chi connectivity index (χ4n) is 2.79. The zero-order chi connectivity index (χ0) is 19.7. The van der Waals surface area contributed by atoms with Crippen molar-refractivity contribution in [3.63, 3.8) is 0 Å². The molecule has 0 atom stereocenters. The Morgan fingerprint density at radius 2 is 1.82 bits per heavy atom. The molecule has 4 aromatic rings. The summed E-state index contributed by atoms with van der Waals surface area (Å²) < 4.78 is 25.3. The third-order valence-corrected chi connectivity index (χ3v) is 4.61. The number of fused-ring (bicyclic) bond motifs is 1. The Kier molecular flexibility index (Phi) is 4.40. The molecule has 0 saturated carbocycles. The number of pyridine rings is 2. The van der Waals surface area contributed by atoms with Gasteiger partial charge in [0.1, 0.15) is 23.0 Å². The van der Waals surface area contributed by atoms with Crippen molar-refractivity contribution in [2.45, 2.75) is 0 Å². The first-order valence-electron chi connectivity index (χ1n) is 8.35. The van der Waals surface area contributed by atoms with Crippen LogP contribution in [0.1, 0.15) is 0 Å². The smallest absolute Gasteiger partial charge is 0.230 e. The summed E-state index contributed by atoms with van der Waals surface area (Å²) in [4.78, 5) is 22.6. The van der Waals surface area contributed by atoms with Crippen molar-refractivity contribution in [1.82, 2.24) is 24.9 Å². The molecule has 4 heterocycles. The van der Waals surface area contributed by atoms with E-state index in [1.165, 1.54) is 0 Å². The predicted molar refractivity (Wildman–Crippen MR) is 108 cm³/mol. The van der Waals surface area contributed by atoms with Crippen LogP contribution in [0.2, 0.25) is 0 Å². The molecular weight excluding hydrogens is 378 g/mol. The first kappa shape index (κ1) is 17.9. The Morgan fingerprint density at radius 1 is 1.04 bits per heavy atom. The first-order chi connectivity index (χ1) is 13.4. The molecule has 0 aliphatic heterocycles. The van der Waals surface area contributed by atoms with E-state index in [1.54, 1.807) is 36.8 Å². The highest BCUT2D eigenvalue weighted by molar-refractivity contribution is 7.92. The number of aromatic nitrogens is 5. The number of anilines is 3. The van der Waals surface area contributed by atoms with E-state index < -0.39 is 10.0 Å². The van der Waals surface area contributed by atoms with E-state index in [0.29, 0.717) is 23.0 Å². The zero-order valence-corrected chi connectivity index (χ0v) is 16.0. The van der Waals surface area contributed by atoms with Gasteiger partial charge in [-0.3, -0.25) is 9.71 Å². The van der Waals surface area contributed by atoms with Crippen molar-refractivity contribution < 1.29 is 8.42 Å². The summed E-state index contributed by atoms with van der Waals surface area (Å²) in [5.74, 6) is 1.28. The summed E-state index contributed by atoms with van der Waals surface area (Å²) in [6, 6.07) is 10.7. The molecule has 0 radical (unpaired) electrons. The van der Waals surface area contributed by atoms with Gasteiger partial charge in [-0.1, -0.05) is 6.07 Å². The molecule has 0 bridgehead atoms. The molecule has 4 aromatic heterocycles. The number of nitrogens with one attached hydrogen (secondary N) is 2. The monoisotopic (exact) mass is 395 g/mol. The zero-order valence-electron chi connectivity index (χ0n) is 15.2. The van der Waals surface area contributed by atoms with E-state index in [-0.39, 0.29) is 5.82 Å². The molecule has 4 rings (SSSR count). The fraction of sp³-hybridized carbons (Fsp3) is 0.111. The van der Waals surface area contributed by atoms with Gasteiger partial charge in [0.05, 0.1) is 11.6 Å². The molecule has 28 heavy (non-hydrogen) atoms. The number of hydrogen-bond acceptors (Lipinski definition) is 7. The molecule has 0 fully saturated rings. The lowest BCUT2D eigenvalue weighted by Gasteiger charge is -2.19. The molecule has 0 unspecified atom stereocenters. The SMILES string of the molecule is CN(c1ccncc1)c1nc(-c2cccc(NS(C)(=O)=O)n2)nc2[nH]ccc12. The van der Waals surface area contributed by atoms with Gasteiger partial charge in [0.25, 0.3) is 0 Å². The van der Waals surface area contributed by atoms with Gasteiger partial charge in [-0.15, -0.1) is 0 Å². The van der Waals surface area contributed by atoms with Crippen LogP contribution in [0.5, 0.6) is 0 Å². The van der Waals surface area contributed by atoms with Gasteiger partial charge in [-0.25, -0.2) is 23.4 Å². The summed E-state index contributed by atoms with van der Waals surface area (Å²) in [6.45, 7) is 0. The minimum Gasteiger partial charge on any atom is -0.346 e. The van der Waals surface area contributed by atoms with Crippen molar-refractivity contribution in [3.05, 3.63) is 55.0 Å². The topological polar surface area (TPSA) is 117 Å². The molecule has 0 aliphatic rings. The lowest BCUT2D eigenvalue weighted by Crippen LogP contribution is -2.13. The van der Waals surface area contributed by atoms with Crippen LogP contribution >= 0.6 is 0 Å². The summed E-state index contributed by atoms with van der Waals surface area (Å²) >= 11 is 0. The van der Waals surface area contributed by atoms with Crippen LogP contribution in [0.4, 0.5) is 17.3 Å². The maximum atomic E-state index is 11.5. The third-order valence-electron chi connectivity index (χ3n) is 4.03. The van der Waals surface area contributed by atoms with E-state index in [1.807, 2.05) is 30.1 Å². The van der Waals surface area contributed by atoms with Crippen LogP contribution < -0.4 is 9.62 Å². The van der Waals surface area contributed by atoms with E-state index in [2.05, 4.69) is 24.7 Å². The molecule has 0 spiro atoms. The Labute approximate surface area is 161 Å². The van der Waals surface area contributed by atoms with E-state index in [9.17, 15) is 8.42 Å². The maximum absolute atomic E-state index is 11.5. The van der Waals surface area contributed by atoms with E-state index >= 15 is 0 Å². The van der Waals surface area contributed by atoms with E-state index in [0.717, 1.165) is 17.3 Å². The maximum Gasteiger partial charge on any atom is 0.230 e. The molecule has 0 amide bonds. The lowest BCUT2D eigenvalue weighted by molar-refractivity contribution is 0.606. The number of aromatic amines is 1. The molecule has 10 heteroatoms. The minimum atomic E-state index is -3.43. The third kappa shape index (κ3) is 3.62. The lowest BCUT2D eigenvalue weighted by atomic mass is 10.3. The molecule has 0 aromatic carbocycles. The summed E-state index contributed by atoms with van der Waals surface area (Å²) in [5, 5.41) is 0.855. The number of hydrogen-bond donors (Lipinski definition) is 2. The van der Waals surface area contributed by atoms with Gasteiger partial charge < -0.3 is 9.88 Å². The summed E-state index contributed by atoms with van der Waals surface area (Å²) in [7, 11) is -1.53. The average molecular weight is 395 g/mol. The number of H-pyrrole nitrogens is 1. The van der Waals surface area contributed by atoms with Crippen molar-refractivity contribution in [2.24, 2.45) is 0 Å². The molecule has 0 aliphatic carbocycles. The molecule has 0 saturated heterocycles. The molecule has 2 N–H and O–H groups in total. The Morgan fingerprint density at radius 3 is 2.57 bits per heavy atom. The summed E-state index contributed by atoms with van der Waals surface area (Å²) in [5.41, 5.74) is 2.03. The number of rotatable bonds is 5. The van der Waals surface area contributed by atoms with Gasteiger partial charge in [-0.05, 0) is 30.3 Å². The highest BCUT2D eigenvalue weighted by Crippen LogP contribution is 2.30. The van der Waals surface area contributed by atoms with Crippen molar-refractivity contribution >= 4 is 38.4 Å². The first-order valence-corrected chi connectivity index (χ1v) is 10.2. The number of nitrogens with zero attached hydrogens (tertiary/aromatic N) is 5. The largest absolute Gasteiger partial charge is 0.346 e. The second-order valence-electron chi connectivity index (χ2n) is 6.16. The highest BCUT2D eigenvalue weighted by Gasteiger charge is 2.16. The van der Waals surface area contributed by atoms with Crippen LogP contribution in [0, 0.1) is 0 Å². The van der Waals surface area contributed by atoms with Crippen LogP contribution in [0.25, 0.3) is 22.6 Å². The average Bonchev–Trinajstić information content (AvgIpc) is 3.15. The van der Waals surface area contributed by atoms with Gasteiger partial charge in [-0.2, -0.15) is 0 Å².